The van der Waals surface area contributed by atoms with Gasteiger partial charge in [0, 0.05) is 28.1 Å². The van der Waals surface area contributed by atoms with Crippen molar-refractivity contribution in [3.63, 3.8) is 0 Å². The summed E-state index contributed by atoms with van der Waals surface area (Å²) in [5.41, 5.74) is 11.1. The third kappa shape index (κ3) is 3.98. The second-order valence-corrected chi connectivity index (χ2v) is 12.1. The van der Waals surface area contributed by atoms with Gasteiger partial charge in [-0.25, -0.2) is 15.0 Å². The molecule has 0 N–H and O–H groups in total. The van der Waals surface area contributed by atoms with Gasteiger partial charge < -0.3 is 0 Å². The number of hydrogen-bond acceptors (Lipinski definition) is 3. The van der Waals surface area contributed by atoms with Crippen molar-refractivity contribution in [2.75, 3.05) is 0 Å². The van der Waals surface area contributed by atoms with E-state index in [4.69, 9.17) is 15.0 Å². The molecule has 0 amide bonds. The molecule has 10 aromatic rings. The van der Waals surface area contributed by atoms with Gasteiger partial charge in [0.1, 0.15) is 5.65 Å². The van der Waals surface area contributed by atoms with Gasteiger partial charge in [-0.15, -0.1) is 0 Å². The standard InChI is InChI=1S/C43H26N4/c1-2-11-29(12-3-1)40-41(45-37-15-7-6-14-36(37)44-40)30-19-17-27(18-20-30)31-22-23-33-35(26-31)39-32-13-5-4-10-28(32)21-24-34(39)42-43(33)47-25-9-8-16-38(47)46-42/h1-26H. The lowest BCUT2D eigenvalue weighted by Crippen LogP contribution is -1.95. The molecule has 0 bridgehead atoms. The summed E-state index contributed by atoms with van der Waals surface area (Å²) in [4.78, 5) is 15.3. The van der Waals surface area contributed by atoms with E-state index < -0.39 is 0 Å². The van der Waals surface area contributed by atoms with Crippen LogP contribution in [0.2, 0.25) is 0 Å². The zero-order valence-electron chi connectivity index (χ0n) is 25.3. The average molecular weight is 599 g/mol. The summed E-state index contributed by atoms with van der Waals surface area (Å²) in [5.74, 6) is 0. The quantitative estimate of drug-likeness (QED) is 0.190. The van der Waals surface area contributed by atoms with Crippen LogP contribution in [-0.2, 0) is 0 Å². The Labute approximate surface area is 270 Å². The maximum atomic E-state index is 5.12. The van der Waals surface area contributed by atoms with Gasteiger partial charge in [0.15, 0.2) is 0 Å². The molecule has 7 aromatic carbocycles. The van der Waals surface area contributed by atoms with Crippen molar-refractivity contribution in [1.29, 1.82) is 0 Å². The van der Waals surface area contributed by atoms with Crippen LogP contribution in [0.5, 0.6) is 0 Å². The Hall–Kier alpha value is -6.39. The first-order chi connectivity index (χ1) is 23.3. The van der Waals surface area contributed by atoms with Crippen molar-refractivity contribution >= 4 is 60.0 Å². The fourth-order valence-corrected chi connectivity index (χ4v) is 7.16. The first-order valence-electron chi connectivity index (χ1n) is 15.9. The molecule has 4 nitrogen and oxygen atoms in total. The molecule has 0 spiro atoms. The van der Waals surface area contributed by atoms with E-state index >= 15 is 0 Å². The van der Waals surface area contributed by atoms with Crippen molar-refractivity contribution in [2.45, 2.75) is 0 Å². The molecule has 3 heterocycles. The minimum Gasteiger partial charge on any atom is -0.299 e. The minimum absolute atomic E-state index is 0.882. The van der Waals surface area contributed by atoms with Crippen LogP contribution in [0.3, 0.4) is 0 Å². The highest BCUT2D eigenvalue weighted by atomic mass is 15.0. The van der Waals surface area contributed by atoms with Crippen molar-refractivity contribution < 1.29 is 0 Å². The zero-order valence-corrected chi connectivity index (χ0v) is 25.3. The monoisotopic (exact) mass is 598 g/mol. The van der Waals surface area contributed by atoms with E-state index in [9.17, 15) is 0 Å². The largest absolute Gasteiger partial charge is 0.299 e. The number of para-hydroxylation sites is 2. The lowest BCUT2D eigenvalue weighted by molar-refractivity contribution is 1.23. The van der Waals surface area contributed by atoms with Crippen LogP contribution in [0.15, 0.2) is 158 Å². The molecule has 0 saturated heterocycles. The number of pyridine rings is 1. The van der Waals surface area contributed by atoms with E-state index in [0.29, 0.717) is 0 Å². The van der Waals surface area contributed by atoms with Crippen molar-refractivity contribution in [3.8, 4) is 33.6 Å². The van der Waals surface area contributed by atoms with Crippen LogP contribution >= 0.6 is 0 Å². The molecular weight excluding hydrogens is 573 g/mol. The maximum Gasteiger partial charge on any atom is 0.137 e. The Kier molecular flexibility index (Phi) is 5.54. The van der Waals surface area contributed by atoms with Gasteiger partial charge >= 0.3 is 0 Å². The summed E-state index contributed by atoms with van der Waals surface area (Å²) in [6, 6.07) is 53.3. The Morgan fingerprint density at radius 3 is 1.85 bits per heavy atom. The molecule has 0 atom stereocenters. The fourth-order valence-electron chi connectivity index (χ4n) is 7.16. The highest BCUT2D eigenvalue weighted by molar-refractivity contribution is 6.30. The predicted molar refractivity (Wildman–Crippen MR) is 195 cm³/mol. The van der Waals surface area contributed by atoms with Gasteiger partial charge in [-0.1, -0.05) is 121 Å². The number of hydrogen-bond donors (Lipinski definition) is 0. The number of aromatic nitrogens is 4. The second-order valence-electron chi connectivity index (χ2n) is 12.1. The average Bonchev–Trinajstić information content (AvgIpc) is 3.54. The summed E-state index contributed by atoms with van der Waals surface area (Å²) in [7, 11) is 0. The molecule has 3 aromatic heterocycles. The number of imidazole rings is 1. The molecule has 218 valence electrons. The van der Waals surface area contributed by atoms with Crippen molar-refractivity contribution in [1.82, 2.24) is 19.4 Å². The summed E-state index contributed by atoms with van der Waals surface area (Å²) in [6.07, 6.45) is 2.11. The SMILES string of the molecule is c1ccc(-c2nc3ccccc3nc2-c2ccc(-c3ccc4c(c3)c3c5ccccc5ccc3c3nc5ccccn5c43)cc2)cc1. The van der Waals surface area contributed by atoms with Crippen LogP contribution in [0, 0.1) is 0 Å². The molecule has 0 radical (unpaired) electrons. The molecule has 47 heavy (non-hydrogen) atoms. The van der Waals surface area contributed by atoms with E-state index in [0.717, 1.165) is 55.8 Å². The van der Waals surface area contributed by atoms with E-state index in [1.54, 1.807) is 0 Å². The normalized spacial score (nSPS) is 11.8. The Morgan fingerprint density at radius 2 is 1.04 bits per heavy atom. The minimum atomic E-state index is 0.882. The van der Waals surface area contributed by atoms with Crippen molar-refractivity contribution in [2.24, 2.45) is 0 Å². The Bertz CT molecular complexity index is 2830. The number of rotatable bonds is 3. The summed E-state index contributed by atoms with van der Waals surface area (Å²) >= 11 is 0. The lowest BCUT2D eigenvalue weighted by atomic mass is 9.92. The molecule has 4 heteroatoms. The molecule has 0 unspecified atom stereocenters. The highest BCUT2D eigenvalue weighted by Gasteiger charge is 2.18. The first kappa shape index (κ1) is 25.9. The van der Waals surface area contributed by atoms with Gasteiger partial charge in [-0.3, -0.25) is 4.40 Å². The molecule has 0 aliphatic carbocycles. The molecule has 0 fully saturated rings. The Balaban J connectivity index is 1.18. The van der Waals surface area contributed by atoms with Crippen LogP contribution in [-0.4, -0.2) is 19.4 Å². The van der Waals surface area contributed by atoms with Gasteiger partial charge in [0.05, 0.1) is 33.5 Å². The van der Waals surface area contributed by atoms with E-state index in [1.807, 2.05) is 42.5 Å². The fraction of sp³-hybridized carbons (Fsp3) is 0. The van der Waals surface area contributed by atoms with Crippen LogP contribution in [0.1, 0.15) is 0 Å². The Morgan fingerprint density at radius 1 is 0.404 bits per heavy atom. The van der Waals surface area contributed by atoms with Gasteiger partial charge in [-0.05, 0) is 63.0 Å². The topological polar surface area (TPSA) is 43.1 Å². The third-order valence-corrected chi connectivity index (χ3v) is 9.37. The molecule has 10 rings (SSSR count). The summed E-state index contributed by atoms with van der Waals surface area (Å²) in [6.45, 7) is 0. The number of nitrogens with zero attached hydrogens (tertiary/aromatic N) is 4. The third-order valence-electron chi connectivity index (χ3n) is 9.37. The molecular formula is C43H26N4. The summed E-state index contributed by atoms with van der Waals surface area (Å²) in [5, 5.41) is 7.30. The number of fused-ring (bicyclic) bond motifs is 11. The lowest BCUT2D eigenvalue weighted by Gasteiger charge is -2.13. The van der Waals surface area contributed by atoms with E-state index in [-0.39, 0.29) is 0 Å². The zero-order chi connectivity index (χ0) is 30.9. The van der Waals surface area contributed by atoms with Gasteiger partial charge in [0.25, 0.3) is 0 Å². The predicted octanol–water partition coefficient (Wildman–Crippen LogP) is 10.9. The van der Waals surface area contributed by atoms with E-state index in [1.165, 1.54) is 37.9 Å². The summed E-state index contributed by atoms with van der Waals surface area (Å²) < 4.78 is 2.22. The number of benzene rings is 7. The maximum absolute atomic E-state index is 5.12. The molecule has 0 aliphatic rings. The van der Waals surface area contributed by atoms with Gasteiger partial charge in [-0.2, -0.15) is 0 Å². The van der Waals surface area contributed by atoms with Gasteiger partial charge in [0.2, 0.25) is 0 Å². The van der Waals surface area contributed by atoms with Crippen LogP contribution in [0.4, 0.5) is 0 Å². The van der Waals surface area contributed by atoms with E-state index in [2.05, 4.69) is 120 Å². The van der Waals surface area contributed by atoms with Crippen LogP contribution in [0.25, 0.3) is 93.7 Å². The highest BCUT2D eigenvalue weighted by Crippen LogP contribution is 2.41. The van der Waals surface area contributed by atoms with Crippen molar-refractivity contribution in [3.05, 3.63) is 158 Å². The first-order valence-corrected chi connectivity index (χ1v) is 15.9. The molecule has 0 saturated carbocycles. The smallest absolute Gasteiger partial charge is 0.137 e. The second kappa shape index (κ2) is 10.1. The van der Waals surface area contributed by atoms with Crippen LogP contribution < -0.4 is 0 Å². The molecule has 0 aliphatic heterocycles.